The van der Waals surface area contributed by atoms with E-state index in [0.29, 0.717) is 5.92 Å². The van der Waals surface area contributed by atoms with Gasteiger partial charge in [-0.1, -0.05) is 0 Å². The normalized spacial score (nSPS) is 26.3. The number of hydrogen-bond donors (Lipinski definition) is 1. The molecule has 5 heteroatoms. The molecule has 0 aromatic carbocycles. The van der Waals surface area contributed by atoms with Crippen molar-refractivity contribution in [1.29, 1.82) is 0 Å². The molecule has 1 saturated heterocycles. The Kier molecular flexibility index (Phi) is 3.91. The fraction of sp³-hybridized carbons (Fsp3) is 1.00. The van der Waals surface area contributed by atoms with Crippen LogP contribution in [0.3, 0.4) is 0 Å². The molecule has 1 aliphatic heterocycles. The molecule has 13 heavy (non-hydrogen) atoms. The summed E-state index contributed by atoms with van der Waals surface area (Å²) in [6.07, 6.45) is -3.74. The minimum absolute atomic E-state index is 0.0781. The Morgan fingerprint density at radius 3 is 2.62 bits per heavy atom. The number of alkyl halides is 3. The Bertz CT molecular complexity index is 154. The maximum Gasteiger partial charge on any atom is 0.389 e. The fourth-order valence-electron chi connectivity index (χ4n) is 1.46. The first-order valence-electron chi connectivity index (χ1n) is 4.39. The lowest BCUT2D eigenvalue weighted by Gasteiger charge is -2.18. The van der Waals surface area contributed by atoms with Crippen LogP contribution in [-0.4, -0.2) is 23.7 Å². The zero-order chi connectivity index (χ0) is 9.90. The third-order valence-corrected chi connectivity index (χ3v) is 3.52. The van der Waals surface area contributed by atoms with E-state index < -0.39 is 12.6 Å². The molecule has 2 N–H and O–H groups in total. The maximum atomic E-state index is 11.8. The molecule has 1 heterocycles. The van der Waals surface area contributed by atoms with Crippen LogP contribution in [0.15, 0.2) is 0 Å². The molecule has 0 radical (unpaired) electrons. The van der Waals surface area contributed by atoms with Gasteiger partial charge in [-0.05, 0) is 30.3 Å². The molecule has 0 aromatic rings. The lowest BCUT2D eigenvalue weighted by atomic mass is 9.96. The van der Waals surface area contributed by atoms with E-state index in [4.69, 9.17) is 5.73 Å². The third kappa shape index (κ3) is 4.22. The average Bonchev–Trinajstić information content (AvgIpc) is 2.50. The van der Waals surface area contributed by atoms with Gasteiger partial charge < -0.3 is 5.73 Å². The summed E-state index contributed by atoms with van der Waals surface area (Å²) in [5.74, 6) is 2.27. The average molecular weight is 213 g/mol. The van der Waals surface area contributed by atoms with Gasteiger partial charge >= 0.3 is 6.18 Å². The SMILES string of the molecule is NC(CCC(F)(F)F)C1CCSC1. The summed E-state index contributed by atoms with van der Waals surface area (Å²) in [6.45, 7) is 0. The Hall–Kier alpha value is 0.100. The van der Waals surface area contributed by atoms with Crippen molar-refractivity contribution in [3.05, 3.63) is 0 Å². The van der Waals surface area contributed by atoms with Crippen LogP contribution in [0.25, 0.3) is 0 Å². The molecule has 1 aliphatic rings. The number of hydrogen-bond acceptors (Lipinski definition) is 2. The number of halogens is 3. The largest absolute Gasteiger partial charge is 0.389 e. The minimum atomic E-state index is -4.05. The van der Waals surface area contributed by atoms with Crippen molar-refractivity contribution in [2.75, 3.05) is 11.5 Å². The van der Waals surface area contributed by atoms with Gasteiger partial charge in [-0.25, -0.2) is 0 Å². The summed E-state index contributed by atoms with van der Waals surface area (Å²) in [4.78, 5) is 0. The molecular formula is C8H14F3NS. The van der Waals surface area contributed by atoms with Gasteiger partial charge in [-0.2, -0.15) is 24.9 Å². The second kappa shape index (κ2) is 4.55. The van der Waals surface area contributed by atoms with Gasteiger partial charge in [-0.15, -0.1) is 0 Å². The van der Waals surface area contributed by atoms with E-state index in [0.717, 1.165) is 17.9 Å². The summed E-state index contributed by atoms with van der Waals surface area (Å²) >= 11 is 1.78. The molecule has 1 fully saturated rings. The van der Waals surface area contributed by atoms with Crippen LogP contribution < -0.4 is 5.73 Å². The van der Waals surface area contributed by atoms with E-state index in [-0.39, 0.29) is 12.5 Å². The van der Waals surface area contributed by atoms with Crippen molar-refractivity contribution in [3.8, 4) is 0 Å². The monoisotopic (exact) mass is 213 g/mol. The molecule has 0 aliphatic carbocycles. The summed E-state index contributed by atoms with van der Waals surface area (Å²) in [5, 5.41) is 0. The van der Waals surface area contributed by atoms with Gasteiger partial charge in [0.25, 0.3) is 0 Å². The van der Waals surface area contributed by atoms with E-state index in [1.54, 1.807) is 11.8 Å². The molecular weight excluding hydrogens is 199 g/mol. The van der Waals surface area contributed by atoms with Crippen molar-refractivity contribution in [1.82, 2.24) is 0 Å². The van der Waals surface area contributed by atoms with Crippen LogP contribution in [-0.2, 0) is 0 Å². The van der Waals surface area contributed by atoms with Gasteiger partial charge in [0.1, 0.15) is 0 Å². The van der Waals surface area contributed by atoms with Crippen LogP contribution in [0.4, 0.5) is 13.2 Å². The summed E-state index contributed by atoms with van der Waals surface area (Å²) in [6, 6.07) is -0.267. The molecule has 78 valence electrons. The zero-order valence-corrected chi connectivity index (χ0v) is 8.13. The number of thioether (sulfide) groups is 1. The molecule has 0 aromatic heterocycles. The predicted molar refractivity (Wildman–Crippen MR) is 48.7 cm³/mol. The highest BCUT2D eigenvalue weighted by Crippen LogP contribution is 2.29. The van der Waals surface area contributed by atoms with Crippen LogP contribution in [0, 0.1) is 5.92 Å². The molecule has 1 nitrogen and oxygen atoms in total. The first kappa shape index (κ1) is 11.2. The zero-order valence-electron chi connectivity index (χ0n) is 7.31. The number of nitrogens with two attached hydrogens (primary N) is 1. The minimum Gasteiger partial charge on any atom is -0.327 e. The maximum absolute atomic E-state index is 11.8. The van der Waals surface area contributed by atoms with Crippen LogP contribution in [0.1, 0.15) is 19.3 Å². The molecule has 0 amide bonds. The quantitative estimate of drug-likeness (QED) is 0.779. The Morgan fingerprint density at radius 1 is 1.46 bits per heavy atom. The van der Waals surface area contributed by atoms with Crippen LogP contribution >= 0.6 is 11.8 Å². The molecule has 0 bridgehead atoms. The highest BCUT2D eigenvalue weighted by Gasteiger charge is 2.30. The predicted octanol–water partition coefficient (Wildman–Crippen LogP) is 2.41. The second-order valence-corrected chi connectivity index (χ2v) is 4.59. The summed E-state index contributed by atoms with van der Waals surface area (Å²) in [7, 11) is 0. The number of rotatable bonds is 3. The van der Waals surface area contributed by atoms with E-state index in [9.17, 15) is 13.2 Å². The van der Waals surface area contributed by atoms with Gasteiger partial charge in [0.2, 0.25) is 0 Å². The van der Waals surface area contributed by atoms with Crippen LogP contribution in [0.5, 0.6) is 0 Å². The molecule has 2 atom stereocenters. The van der Waals surface area contributed by atoms with E-state index in [1.165, 1.54) is 0 Å². The smallest absolute Gasteiger partial charge is 0.327 e. The highest BCUT2D eigenvalue weighted by molar-refractivity contribution is 7.99. The lowest BCUT2D eigenvalue weighted by molar-refractivity contribution is -0.136. The van der Waals surface area contributed by atoms with Crippen molar-refractivity contribution >= 4 is 11.8 Å². The van der Waals surface area contributed by atoms with Crippen molar-refractivity contribution < 1.29 is 13.2 Å². The summed E-state index contributed by atoms with van der Waals surface area (Å²) < 4.78 is 35.5. The molecule has 2 unspecified atom stereocenters. The first-order valence-corrected chi connectivity index (χ1v) is 5.54. The van der Waals surface area contributed by atoms with Gasteiger partial charge in [0.05, 0.1) is 0 Å². The molecule has 0 saturated carbocycles. The van der Waals surface area contributed by atoms with Crippen LogP contribution in [0.2, 0.25) is 0 Å². The Balaban J connectivity index is 2.20. The van der Waals surface area contributed by atoms with Crippen molar-refractivity contribution in [3.63, 3.8) is 0 Å². The first-order chi connectivity index (χ1) is 5.99. The van der Waals surface area contributed by atoms with Crippen molar-refractivity contribution in [2.45, 2.75) is 31.5 Å². The third-order valence-electron chi connectivity index (χ3n) is 2.33. The van der Waals surface area contributed by atoms with E-state index in [1.807, 2.05) is 0 Å². The molecule has 1 rings (SSSR count). The lowest BCUT2D eigenvalue weighted by Crippen LogP contribution is -2.31. The Morgan fingerprint density at radius 2 is 2.15 bits per heavy atom. The topological polar surface area (TPSA) is 26.0 Å². The van der Waals surface area contributed by atoms with Gasteiger partial charge in [0.15, 0.2) is 0 Å². The second-order valence-electron chi connectivity index (χ2n) is 3.44. The van der Waals surface area contributed by atoms with E-state index >= 15 is 0 Å². The Labute approximate surface area is 80.2 Å². The van der Waals surface area contributed by atoms with Crippen molar-refractivity contribution in [2.24, 2.45) is 11.7 Å². The fourth-order valence-corrected chi connectivity index (χ4v) is 2.81. The van der Waals surface area contributed by atoms with Gasteiger partial charge in [0, 0.05) is 12.5 Å². The standard InChI is InChI=1S/C8H14F3NS/c9-8(10,11)3-1-7(12)6-2-4-13-5-6/h6-7H,1-5,12H2. The van der Waals surface area contributed by atoms with Gasteiger partial charge in [-0.3, -0.25) is 0 Å². The van der Waals surface area contributed by atoms with E-state index in [2.05, 4.69) is 0 Å². The summed E-state index contributed by atoms with van der Waals surface area (Å²) in [5.41, 5.74) is 5.67. The molecule has 0 spiro atoms. The highest BCUT2D eigenvalue weighted by atomic mass is 32.2.